The van der Waals surface area contributed by atoms with Crippen molar-refractivity contribution in [2.75, 3.05) is 0 Å². The SMILES string of the molecule is Cc1cc(-c2ccc3c(c2)-c2ccccc2C3)c(-n2c3ccccc3c3ccccc32)cc1C. The van der Waals surface area contributed by atoms with Crippen molar-refractivity contribution in [1.82, 2.24) is 4.57 Å². The third kappa shape index (κ3) is 2.74. The second-order valence-electron chi connectivity index (χ2n) is 9.53. The predicted octanol–water partition coefficient (Wildman–Crippen LogP) is 8.64. The summed E-state index contributed by atoms with van der Waals surface area (Å²) >= 11 is 0. The standard InChI is InChI=1S/C33H25N/c1-21-17-30(25-16-15-24-19-23-9-3-4-10-26(23)29(24)20-25)33(18-22(21)2)34-31-13-7-5-11-27(31)28-12-6-8-14-32(28)34/h3-18,20H,19H2,1-2H3. The van der Waals surface area contributed by atoms with Crippen molar-refractivity contribution < 1.29 is 0 Å². The normalized spacial score (nSPS) is 12.3. The summed E-state index contributed by atoms with van der Waals surface area (Å²) in [5, 5.41) is 2.59. The molecule has 1 nitrogen and oxygen atoms in total. The summed E-state index contributed by atoms with van der Waals surface area (Å²) in [6.45, 7) is 4.44. The summed E-state index contributed by atoms with van der Waals surface area (Å²) < 4.78 is 2.45. The third-order valence-electron chi connectivity index (χ3n) is 7.54. The zero-order valence-electron chi connectivity index (χ0n) is 19.5. The summed E-state index contributed by atoms with van der Waals surface area (Å²) in [5.41, 5.74) is 14.5. The lowest BCUT2D eigenvalue weighted by Crippen LogP contribution is -1.99. The van der Waals surface area contributed by atoms with Crippen LogP contribution in [0.4, 0.5) is 0 Å². The molecule has 0 spiro atoms. The molecule has 1 aromatic heterocycles. The van der Waals surface area contributed by atoms with Gasteiger partial charge >= 0.3 is 0 Å². The molecule has 162 valence electrons. The van der Waals surface area contributed by atoms with E-state index in [1.54, 1.807) is 0 Å². The average Bonchev–Trinajstić information content (AvgIpc) is 3.41. The first-order valence-corrected chi connectivity index (χ1v) is 12.0. The lowest BCUT2D eigenvalue weighted by molar-refractivity contribution is 1.16. The Hall–Kier alpha value is -4.10. The highest BCUT2D eigenvalue weighted by atomic mass is 15.0. The minimum atomic E-state index is 1.03. The molecule has 7 rings (SSSR count). The Bertz CT molecular complexity index is 1700. The van der Waals surface area contributed by atoms with Crippen LogP contribution in [0.5, 0.6) is 0 Å². The molecule has 34 heavy (non-hydrogen) atoms. The molecular weight excluding hydrogens is 410 g/mol. The van der Waals surface area contributed by atoms with Crippen molar-refractivity contribution in [3.8, 4) is 27.9 Å². The summed E-state index contributed by atoms with van der Waals surface area (Å²) in [7, 11) is 0. The summed E-state index contributed by atoms with van der Waals surface area (Å²) in [6.07, 6.45) is 1.03. The van der Waals surface area contributed by atoms with Crippen LogP contribution in [0.3, 0.4) is 0 Å². The van der Waals surface area contributed by atoms with Gasteiger partial charge in [0.1, 0.15) is 0 Å². The van der Waals surface area contributed by atoms with Gasteiger partial charge in [0.2, 0.25) is 0 Å². The van der Waals surface area contributed by atoms with Gasteiger partial charge in [-0.15, -0.1) is 0 Å². The fourth-order valence-electron chi connectivity index (χ4n) is 5.69. The van der Waals surface area contributed by atoms with Gasteiger partial charge in [0.25, 0.3) is 0 Å². The van der Waals surface area contributed by atoms with E-state index in [1.165, 1.54) is 72.0 Å². The van der Waals surface area contributed by atoms with Gasteiger partial charge in [-0.1, -0.05) is 72.8 Å². The molecule has 1 aliphatic rings. The van der Waals surface area contributed by atoms with Crippen molar-refractivity contribution >= 4 is 21.8 Å². The van der Waals surface area contributed by atoms with E-state index in [2.05, 4.69) is 122 Å². The zero-order valence-corrected chi connectivity index (χ0v) is 19.5. The van der Waals surface area contributed by atoms with Crippen LogP contribution in [-0.2, 0) is 6.42 Å². The average molecular weight is 436 g/mol. The van der Waals surface area contributed by atoms with Gasteiger partial charge in [-0.05, 0) is 89.5 Å². The first-order valence-electron chi connectivity index (χ1n) is 12.0. The number of aromatic nitrogens is 1. The Morgan fingerprint density at radius 3 is 1.91 bits per heavy atom. The van der Waals surface area contributed by atoms with Crippen LogP contribution in [0.15, 0.2) is 103 Å². The minimum absolute atomic E-state index is 1.03. The van der Waals surface area contributed by atoms with Crippen molar-refractivity contribution in [1.29, 1.82) is 0 Å². The van der Waals surface area contributed by atoms with E-state index in [1.807, 2.05) is 0 Å². The van der Waals surface area contributed by atoms with Gasteiger partial charge in [0, 0.05) is 16.3 Å². The molecule has 1 heteroatoms. The van der Waals surface area contributed by atoms with E-state index >= 15 is 0 Å². The predicted molar refractivity (Wildman–Crippen MR) is 144 cm³/mol. The fourth-order valence-corrected chi connectivity index (χ4v) is 5.69. The molecule has 0 bridgehead atoms. The van der Waals surface area contributed by atoms with E-state index in [9.17, 15) is 0 Å². The van der Waals surface area contributed by atoms with Gasteiger partial charge in [0.05, 0.1) is 16.7 Å². The maximum Gasteiger partial charge on any atom is 0.0543 e. The zero-order chi connectivity index (χ0) is 22.8. The number of hydrogen-bond acceptors (Lipinski definition) is 0. The van der Waals surface area contributed by atoms with Crippen LogP contribution in [-0.4, -0.2) is 4.57 Å². The summed E-state index contributed by atoms with van der Waals surface area (Å²) in [5.74, 6) is 0. The monoisotopic (exact) mass is 435 g/mol. The Balaban J connectivity index is 1.54. The van der Waals surface area contributed by atoms with Crippen molar-refractivity contribution in [3.05, 3.63) is 125 Å². The van der Waals surface area contributed by atoms with E-state index in [0.29, 0.717) is 0 Å². The van der Waals surface area contributed by atoms with E-state index in [-0.39, 0.29) is 0 Å². The maximum atomic E-state index is 2.45. The van der Waals surface area contributed by atoms with Crippen LogP contribution < -0.4 is 0 Å². The van der Waals surface area contributed by atoms with Crippen LogP contribution >= 0.6 is 0 Å². The minimum Gasteiger partial charge on any atom is -0.309 e. The quantitative estimate of drug-likeness (QED) is 0.256. The van der Waals surface area contributed by atoms with Crippen LogP contribution in [0.2, 0.25) is 0 Å². The molecule has 0 atom stereocenters. The molecule has 5 aromatic carbocycles. The topological polar surface area (TPSA) is 4.93 Å². The number of benzene rings is 5. The molecule has 0 aliphatic heterocycles. The molecule has 0 saturated heterocycles. The maximum absolute atomic E-state index is 2.45. The Labute approximate surface area is 199 Å². The molecule has 6 aromatic rings. The van der Waals surface area contributed by atoms with Crippen LogP contribution in [0.25, 0.3) is 49.7 Å². The number of rotatable bonds is 2. The van der Waals surface area contributed by atoms with Crippen molar-refractivity contribution in [2.24, 2.45) is 0 Å². The molecule has 0 radical (unpaired) electrons. The van der Waals surface area contributed by atoms with Crippen LogP contribution in [0.1, 0.15) is 22.3 Å². The van der Waals surface area contributed by atoms with Crippen molar-refractivity contribution in [3.63, 3.8) is 0 Å². The summed E-state index contributed by atoms with van der Waals surface area (Å²) in [4.78, 5) is 0. The largest absolute Gasteiger partial charge is 0.309 e. The molecule has 0 fully saturated rings. The first kappa shape index (κ1) is 19.4. The Morgan fingerprint density at radius 1 is 0.529 bits per heavy atom. The molecule has 0 unspecified atom stereocenters. The second kappa shape index (κ2) is 7.20. The molecule has 0 amide bonds. The highest BCUT2D eigenvalue weighted by Crippen LogP contribution is 2.42. The van der Waals surface area contributed by atoms with E-state index in [4.69, 9.17) is 0 Å². The van der Waals surface area contributed by atoms with E-state index in [0.717, 1.165) is 6.42 Å². The smallest absolute Gasteiger partial charge is 0.0543 e. The number of fused-ring (bicyclic) bond motifs is 6. The van der Waals surface area contributed by atoms with Gasteiger partial charge < -0.3 is 4.57 Å². The number of aryl methyl sites for hydroxylation is 2. The lowest BCUT2D eigenvalue weighted by atomic mass is 9.94. The molecule has 0 N–H and O–H groups in total. The number of para-hydroxylation sites is 2. The Morgan fingerprint density at radius 2 is 1.15 bits per heavy atom. The van der Waals surface area contributed by atoms with E-state index < -0.39 is 0 Å². The number of nitrogens with zero attached hydrogens (tertiary/aromatic N) is 1. The summed E-state index contributed by atoms with van der Waals surface area (Å²) in [6, 6.07) is 38.1. The Kier molecular flexibility index (Phi) is 4.10. The van der Waals surface area contributed by atoms with Gasteiger partial charge in [-0.2, -0.15) is 0 Å². The second-order valence-corrected chi connectivity index (χ2v) is 9.53. The molecule has 1 heterocycles. The number of hydrogen-bond donors (Lipinski definition) is 0. The van der Waals surface area contributed by atoms with Gasteiger partial charge in [0.15, 0.2) is 0 Å². The van der Waals surface area contributed by atoms with Gasteiger partial charge in [-0.25, -0.2) is 0 Å². The first-order chi connectivity index (χ1) is 16.7. The molecule has 1 aliphatic carbocycles. The van der Waals surface area contributed by atoms with Crippen LogP contribution in [0, 0.1) is 13.8 Å². The molecular formula is C33H25N. The fraction of sp³-hybridized carbons (Fsp3) is 0.0909. The highest BCUT2D eigenvalue weighted by molar-refractivity contribution is 6.09. The van der Waals surface area contributed by atoms with Crippen molar-refractivity contribution in [2.45, 2.75) is 20.3 Å². The molecule has 0 saturated carbocycles. The highest BCUT2D eigenvalue weighted by Gasteiger charge is 2.21. The lowest BCUT2D eigenvalue weighted by Gasteiger charge is -2.17. The van der Waals surface area contributed by atoms with Gasteiger partial charge in [-0.3, -0.25) is 0 Å². The third-order valence-corrected chi connectivity index (χ3v) is 7.54.